The van der Waals surface area contributed by atoms with Gasteiger partial charge >= 0.3 is 0 Å². The number of halogens is 1. The molecule has 26 heavy (non-hydrogen) atoms. The van der Waals surface area contributed by atoms with Gasteiger partial charge in [0, 0.05) is 17.8 Å². The Morgan fingerprint density at radius 3 is 2.50 bits per heavy atom. The second kappa shape index (κ2) is 9.16. The summed E-state index contributed by atoms with van der Waals surface area (Å²) in [6, 6.07) is 9.08. The molecule has 2 nitrogen and oxygen atoms in total. The van der Waals surface area contributed by atoms with Crippen LogP contribution in [0, 0.1) is 11.7 Å². The van der Waals surface area contributed by atoms with Crippen LogP contribution in [0.4, 0.5) is 4.39 Å². The first-order valence-corrected chi connectivity index (χ1v) is 10.1. The van der Waals surface area contributed by atoms with Crippen LogP contribution in [0.3, 0.4) is 0 Å². The van der Waals surface area contributed by atoms with Crippen molar-refractivity contribution in [2.75, 3.05) is 6.61 Å². The summed E-state index contributed by atoms with van der Waals surface area (Å²) in [6.07, 6.45) is 11.2. The van der Waals surface area contributed by atoms with Crippen molar-refractivity contribution in [2.24, 2.45) is 5.92 Å². The average molecular weight is 355 g/mol. The minimum atomic E-state index is -0.285. The fraction of sp³-hybridized carbons (Fsp3) is 0.522. The molecule has 1 aliphatic carbocycles. The lowest BCUT2D eigenvalue weighted by atomic mass is 9.77. The van der Waals surface area contributed by atoms with Gasteiger partial charge in [-0.1, -0.05) is 32.3 Å². The van der Waals surface area contributed by atoms with Crippen molar-refractivity contribution in [3.63, 3.8) is 0 Å². The second-order valence-corrected chi connectivity index (χ2v) is 7.41. The summed E-state index contributed by atoms with van der Waals surface area (Å²) in [4.78, 5) is 4.55. The lowest BCUT2D eigenvalue weighted by Gasteiger charge is -2.28. The fourth-order valence-electron chi connectivity index (χ4n) is 4.04. The fourth-order valence-corrected chi connectivity index (χ4v) is 4.04. The van der Waals surface area contributed by atoms with E-state index in [0.29, 0.717) is 29.5 Å². The Morgan fingerprint density at radius 1 is 1.08 bits per heavy atom. The van der Waals surface area contributed by atoms with Crippen LogP contribution in [-0.2, 0) is 0 Å². The summed E-state index contributed by atoms with van der Waals surface area (Å²) in [6.45, 7) is 4.70. The Hall–Kier alpha value is -1.90. The van der Waals surface area contributed by atoms with Crippen LogP contribution in [0.2, 0.25) is 0 Å². The number of unbranched alkanes of at least 4 members (excludes halogenated alkanes) is 1. The minimum absolute atomic E-state index is 0.285. The molecule has 0 unspecified atom stereocenters. The number of hydrogen-bond donors (Lipinski definition) is 0. The Bertz CT molecular complexity index is 690. The Morgan fingerprint density at radius 2 is 1.88 bits per heavy atom. The van der Waals surface area contributed by atoms with Crippen molar-refractivity contribution >= 4 is 0 Å². The summed E-state index contributed by atoms with van der Waals surface area (Å²) < 4.78 is 19.7. The minimum Gasteiger partial charge on any atom is -0.494 e. The zero-order valence-electron chi connectivity index (χ0n) is 16.0. The molecule has 3 heteroatoms. The predicted molar refractivity (Wildman–Crippen MR) is 105 cm³/mol. The number of hydrogen-bond acceptors (Lipinski definition) is 2. The predicted octanol–water partition coefficient (Wildman–Crippen LogP) is 6.75. The normalized spacial score (nSPS) is 20.1. The Balaban J connectivity index is 1.64. The van der Waals surface area contributed by atoms with Crippen molar-refractivity contribution < 1.29 is 9.13 Å². The van der Waals surface area contributed by atoms with E-state index in [1.54, 1.807) is 12.1 Å². The number of pyridine rings is 1. The molecule has 1 saturated carbocycles. The van der Waals surface area contributed by atoms with Gasteiger partial charge in [-0.05, 0) is 68.2 Å². The second-order valence-electron chi connectivity index (χ2n) is 7.41. The molecule has 2 aromatic rings. The molecule has 0 aliphatic heterocycles. The molecule has 0 saturated heterocycles. The largest absolute Gasteiger partial charge is 0.494 e. The van der Waals surface area contributed by atoms with Gasteiger partial charge in [-0.2, -0.15) is 0 Å². The van der Waals surface area contributed by atoms with E-state index in [1.165, 1.54) is 56.6 Å². The topological polar surface area (TPSA) is 22.1 Å². The molecule has 0 spiro atoms. The van der Waals surface area contributed by atoms with E-state index in [4.69, 9.17) is 4.74 Å². The monoisotopic (exact) mass is 355 g/mol. The van der Waals surface area contributed by atoms with E-state index < -0.39 is 0 Å². The molecule has 0 bridgehead atoms. The highest BCUT2D eigenvalue weighted by Crippen LogP contribution is 2.38. The summed E-state index contributed by atoms with van der Waals surface area (Å²) >= 11 is 0. The van der Waals surface area contributed by atoms with Gasteiger partial charge < -0.3 is 4.74 Å². The third-order valence-electron chi connectivity index (χ3n) is 5.60. The van der Waals surface area contributed by atoms with E-state index in [-0.39, 0.29) is 5.82 Å². The maximum Gasteiger partial charge on any atom is 0.136 e. The van der Waals surface area contributed by atoms with E-state index in [0.717, 1.165) is 5.92 Å². The van der Waals surface area contributed by atoms with Crippen molar-refractivity contribution in [1.82, 2.24) is 4.98 Å². The molecule has 0 amide bonds. The highest BCUT2D eigenvalue weighted by molar-refractivity contribution is 5.61. The summed E-state index contributed by atoms with van der Waals surface area (Å²) in [7, 11) is 0. The number of rotatable bonds is 7. The molecule has 1 aromatic carbocycles. The third-order valence-corrected chi connectivity index (χ3v) is 5.60. The molecule has 1 aromatic heterocycles. The summed E-state index contributed by atoms with van der Waals surface area (Å²) in [5.41, 5.74) is 2.52. The highest BCUT2D eigenvalue weighted by atomic mass is 19.1. The van der Waals surface area contributed by atoms with E-state index in [2.05, 4.69) is 18.0 Å². The van der Waals surface area contributed by atoms with Crippen LogP contribution < -0.4 is 4.74 Å². The first-order chi connectivity index (χ1) is 12.7. The zero-order chi connectivity index (χ0) is 18.4. The van der Waals surface area contributed by atoms with Gasteiger partial charge in [-0.25, -0.2) is 4.39 Å². The zero-order valence-corrected chi connectivity index (χ0v) is 16.0. The molecule has 0 N–H and O–H groups in total. The van der Waals surface area contributed by atoms with Gasteiger partial charge in [-0.15, -0.1) is 0 Å². The van der Waals surface area contributed by atoms with E-state index in [1.807, 2.05) is 19.2 Å². The Labute approximate surface area is 156 Å². The smallest absolute Gasteiger partial charge is 0.136 e. The molecule has 0 radical (unpaired) electrons. The number of ether oxygens (including phenoxy) is 1. The van der Waals surface area contributed by atoms with Crippen molar-refractivity contribution in [3.8, 4) is 17.0 Å². The standard InChI is InChI=1S/C23H30FNO/c1-3-5-6-17-7-9-18(10-8-17)19-11-14-23(25-16-19)21-13-12-20(26-4-2)15-22(21)24/h11-18H,3-10H2,1-2H3. The molecule has 140 valence electrons. The molecule has 1 aliphatic rings. The third kappa shape index (κ3) is 4.63. The molecule has 1 heterocycles. The summed E-state index contributed by atoms with van der Waals surface area (Å²) in [5, 5.41) is 0. The van der Waals surface area contributed by atoms with Crippen LogP contribution in [0.25, 0.3) is 11.3 Å². The number of benzene rings is 1. The summed E-state index contributed by atoms with van der Waals surface area (Å²) in [5.74, 6) is 1.80. The SMILES string of the molecule is CCCCC1CCC(c2ccc(-c3ccc(OCC)cc3F)nc2)CC1. The van der Waals surface area contributed by atoms with E-state index in [9.17, 15) is 4.39 Å². The molecule has 0 atom stereocenters. The first kappa shape index (κ1) is 18.9. The highest BCUT2D eigenvalue weighted by Gasteiger charge is 2.22. The van der Waals surface area contributed by atoms with E-state index >= 15 is 0 Å². The quantitative estimate of drug-likeness (QED) is 0.548. The molecular formula is C23H30FNO. The maximum atomic E-state index is 14.3. The number of aromatic nitrogens is 1. The van der Waals surface area contributed by atoms with Crippen LogP contribution >= 0.6 is 0 Å². The van der Waals surface area contributed by atoms with Crippen LogP contribution in [-0.4, -0.2) is 11.6 Å². The van der Waals surface area contributed by atoms with Crippen LogP contribution in [0.1, 0.15) is 70.3 Å². The van der Waals surface area contributed by atoms with Gasteiger partial charge in [0.25, 0.3) is 0 Å². The molecule has 1 fully saturated rings. The van der Waals surface area contributed by atoms with Gasteiger partial charge in [0.05, 0.1) is 12.3 Å². The van der Waals surface area contributed by atoms with Gasteiger partial charge in [-0.3, -0.25) is 4.98 Å². The van der Waals surface area contributed by atoms with Gasteiger partial charge in [0.15, 0.2) is 0 Å². The Kier molecular flexibility index (Phi) is 6.65. The lowest BCUT2D eigenvalue weighted by Crippen LogP contribution is -2.13. The first-order valence-electron chi connectivity index (χ1n) is 10.1. The molecule has 3 rings (SSSR count). The van der Waals surface area contributed by atoms with Crippen LogP contribution in [0.5, 0.6) is 5.75 Å². The van der Waals surface area contributed by atoms with Crippen LogP contribution in [0.15, 0.2) is 36.5 Å². The molecular weight excluding hydrogens is 325 g/mol. The van der Waals surface area contributed by atoms with Crippen molar-refractivity contribution in [1.29, 1.82) is 0 Å². The van der Waals surface area contributed by atoms with Gasteiger partial charge in [0.2, 0.25) is 0 Å². The lowest BCUT2D eigenvalue weighted by molar-refractivity contribution is 0.304. The van der Waals surface area contributed by atoms with Crippen molar-refractivity contribution in [3.05, 3.63) is 47.9 Å². The average Bonchev–Trinajstić information content (AvgIpc) is 2.67. The van der Waals surface area contributed by atoms with Gasteiger partial charge in [0.1, 0.15) is 11.6 Å². The maximum absolute atomic E-state index is 14.3. The number of nitrogens with zero attached hydrogens (tertiary/aromatic N) is 1. The van der Waals surface area contributed by atoms with Crippen molar-refractivity contribution in [2.45, 2.75) is 64.7 Å².